The zero-order chi connectivity index (χ0) is 10.7. The van der Waals surface area contributed by atoms with Crippen LogP contribution in [0.5, 0.6) is 0 Å². The maximum Gasteiger partial charge on any atom is 0.239 e. The highest BCUT2D eigenvalue weighted by Gasteiger charge is 2.17. The lowest BCUT2D eigenvalue weighted by Crippen LogP contribution is -2.48. The topological polar surface area (TPSA) is 52.6 Å². The summed E-state index contributed by atoms with van der Waals surface area (Å²) in [6.07, 6.45) is 0. The Bertz CT molecular complexity index is 365. The Labute approximate surface area is 88.5 Å². The molecule has 1 aromatic rings. The van der Waals surface area contributed by atoms with Crippen molar-refractivity contribution in [2.75, 3.05) is 24.5 Å². The van der Waals surface area contributed by atoms with Crippen LogP contribution in [-0.4, -0.2) is 30.6 Å². The number of anilines is 1. The Kier molecular flexibility index (Phi) is 2.87. The molecule has 4 nitrogen and oxygen atoms in total. The van der Waals surface area contributed by atoms with Crippen LogP contribution in [0.25, 0.3) is 0 Å². The molecule has 4 heteroatoms. The number of para-hydroxylation sites is 1. The molecular formula is C11H14N2O2. The molecule has 1 heterocycles. The number of piperazine rings is 1. The first-order valence-corrected chi connectivity index (χ1v) is 5.01. The zero-order valence-electron chi connectivity index (χ0n) is 8.44. The maximum atomic E-state index is 11.2. The highest BCUT2D eigenvalue weighted by molar-refractivity contribution is 5.82. The van der Waals surface area contributed by atoms with E-state index in [1.54, 1.807) is 0 Å². The molecule has 80 valence electrons. The lowest BCUT2D eigenvalue weighted by atomic mass is 10.1. The second-order valence-corrected chi connectivity index (χ2v) is 3.56. The van der Waals surface area contributed by atoms with Crippen LogP contribution in [0.3, 0.4) is 0 Å². The number of amides is 1. The van der Waals surface area contributed by atoms with Crippen molar-refractivity contribution >= 4 is 11.6 Å². The van der Waals surface area contributed by atoms with Gasteiger partial charge < -0.3 is 15.3 Å². The largest absolute Gasteiger partial charge is 0.392 e. The number of carbonyl (C=O) groups is 1. The van der Waals surface area contributed by atoms with E-state index in [2.05, 4.69) is 5.32 Å². The Morgan fingerprint density at radius 3 is 2.93 bits per heavy atom. The summed E-state index contributed by atoms with van der Waals surface area (Å²) in [6.45, 7) is 1.84. The molecular weight excluding hydrogens is 192 g/mol. The smallest absolute Gasteiger partial charge is 0.239 e. The van der Waals surface area contributed by atoms with Gasteiger partial charge in [-0.2, -0.15) is 0 Å². The summed E-state index contributed by atoms with van der Waals surface area (Å²) in [5, 5.41) is 12.0. The monoisotopic (exact) mass is 206 g/mol. The van der Waals surface area contributed by atoms with Gasteiger partial charge in [0.05, 0.1) is 13.2 Å². The Morgan fingerprint density at radius 2 is 2.20 bits per heavy atom. The van der Waals surface area contributed by atoms with E-state index in [0.717, 1.165) is 17.8 Å². The van der Waals surface area contributed by atoms with Crippen LogP contribution in [0.2, 0.25) is 0 Å². The van der Waals surface area contributed by atoms with Crippen molar-refractivity contribution in [1.29, 1.82) is 0 Å². The summed E-state index contributed by atoms with van der Waals surface area (Å²) in [4.78, 5) is 13.2. The van der Waals surface area contributed by atoms with E-state index in [-0.39, 0.29) is 12.5 Å². The maximum absolute atomic E-state index is 11.2. The SMILES string of the molecule is O=C1CN(c2ccccc2CO)CCN1. The highest BCUT2D eigenvalue weighted by atomic mass is 16.3. The van der Waals surface area contributed by atoms with Crippen LogP contribution in [-0.2, 0) is 11.4 Å². The van der Waals surface area contributed by atoms with Gasteiger partial charge in [0, 0.05) is 24.3 Å². The molecule has 0 unspecified atom stereocenters. The summed E-state index contributed by atoms with van der Waals surface area (Å²) < 4.78 is 0. The van der Waals surface area contributed by atoms with Gasteiger partial charge in [0.2, 0.25) is 5.91 Å². The first-order valence-electron chi connectivity index (χ1n) is 5.01. The van der Waals surface area contributed by atoms with Crippen molar-refractivity contribution in [1.82, 2.24) is 5.32 Å². The predicted molar refractivity (Wildman–Crippen MR) is 57.6 cm³/mol. The van der Waals surface area contributed by atoms with E-state index in [0.29, 0.717) is 13.1 Å². The number of aliphatic hydroxyl groups is 1. The van der Waals surface area contributed by atoms with E-state index in [1.807, 2.05) is 29.2 Å². The van der Waals surface area contributed by atoms with Gasteiger partial charge in [-0.15, -0.1) is 0 Å². The minimum Gasteiger partial charge on any atom is -0.392 e. The molecule has 2 N–H and O–H groups in total. The number of nitrogens with one attached hydrogen (secondary N) is 1. The first-order chi connectivity index (χ1) is 7.31. The van der Waals surface area contributed by atoms with E-state index in [1.165, 1.54) is 0 Å². The fraction of sp³-hybridized carbons (Fsp3) is 0.364. The van der Waals surface area contributed by atoms with Crippen molar-refractivity contribution in [3.8, 4) is 0 Å². The molecule has 0 aliphatic carbocycles. The van der Waals surface area contributed by atoms with Crippen LogP contribution < -0.4 is 10.2 Å². The normalized spacial score (nSPS) is 16.3. The molecule has 1 aliphatic heterocycles. The van der Waals surface area contributed by atoms with Crippen LogP contribution in [0.1, 0.15) is 5.56 Å². The van der Waals surface area contributed by atoms with Crippen molar-refractivity contribution in [2.45, 2.75) is 6.61 Å². The van der Waals surface area contributed by atoms with Gasteiger partial charge in [-0.3, -0.25) is 4.79 Å². The van der Waals surface area contributed by atoms with Crippen LogP contribution >= 0.6 is 0 Å². The molecule has 0 bridgehead atoms. The lowest BCUT2D eigenvalue weighted by molar-refractivity contribution is -0.120. The minimum absolute atomic E-state index is 0.00823. The number of aliphatic hydroxyl groups excluding tert-OH is 1. The molecule has 0 atom stereocenters. The third-order valence-corrected chi connectivity index (χ3v) is 2.54. The van der Waals surface area contributed by atoms with Crippen LogP contribution in [0, 0.1) is 0 Å². The molecule has 2 rings (SSSR count). The second-order valence-electron chi connectivity index (χ2n) is 3.56. The van der Waals surface area contributed by atoms with Gasteiger partial charge in [0.15, 0.2) is 0 Å². The molecule has 0 saturated carbocycles. The number of rotatable bonds is 2. The lowest BCUT2D eigenvalue weighted by Gasteiger charge is -2.30. The third-order valence-electron chi connectivity index (χ3n) is 2.54. The first kappa shape index (κ1) is 9.98. The summed E-state index contributed by atoms with van der Waals surface area (Å²) in [7, 11) is 0. The fourth-order valence-electron chi connectivity index (χ4n) is 1.80. The van der Waals surface area contributed by atoms with Crippen LogP contribution in [0.4, 0.5) is 5.69 Å². The fourth-order valence-corrected chi connectivity index (χ4v) is 1.80. The van der Waals surface area contributed by atoms with Crippen molar-refractivity contribution in [3.05, 3.63) is 29.8 Å². The molecule has 1 fully saturated rings. The van der Waals surface area contributed by atoms with E-state index >= 15 is 0 Å². The Balaban J connectivity index is 2.24. The van der Waals surface area contributed by atoms with Gasteiger partial charge in [-0.25, -0.2) is 0 Å². The quantitative estimate of drug-likeness (QED) is 0.722. The number of nitrogens with zero attached hydrogens (tertiary/aromatic N) is 1. The van der Waals surface area contributed by atoms with Gasteiger partial charge >= 0.3 is 0 Å². The highest BCUT2D eigenvalue weighted by Crippen LogP contribution is 2.20. The predicted octanol–water partition coefficient (Wildman–Crippen LogP) is 0.115. The molecule has 0 spiro atoms. The van der Waals surface area contributed by atoms with E-state index in [4.69, 9.17) is 0 Å². The summed E-state index contributed by atoms with van der Waals surface area (Å²) in [5.74, 6) is 0.0361. The molecule has 1 aromatic carbocycles. The van der Waals surface area contributed by atoms with Gasteiger partial charge in [-0.1, -0.05) is 18.2 Å². The summed E-state index contributed by atoms with van der Waals surface area (Å²) in [5.41, 5.74) is 1.82. The second kappa shape index (κ2) is 4.31. The van der Waals surface area contributed by atoms with Crippen molar-refractivity contribution in [2.24, 2.45) is 0 Å². The van der Waals surface area contributed by atoms with Gasteiger partial charge in [-0.05, 0) is 6.07 Å². The number of hydrogen-bond acceptors (Lipinski definition) is 3. The van der Waals surface area contributed by atoms with Crippen molar-refractivity contribution in [3.63, 3.8) is 0 Å². The van der Waals surface area contributed by atoms with E-state index < -0.39 is 0 Å². The number of carbonyl (C=O) groups excluding carboxylic acids is 1. The Morgan fingerprint density at radius 1 is 1.40 bits per heavy atom. The van der Waals surface area contributed by atoms with Gasteiger partial charge in [0.25, 0.3) is 0 Å². The molecule has 1 aliphatic rings. The average molecular weight is 206 g/mol. The Hall–Kier alpha value is -1.55. The average Bonchev–Trinajstić information content (AvgIpc) is 2.29. The summed E-state index contributed by atoms with van der Waals surface area (Å²) in [6, 6.07) is 7.62. The number of hydrogen-bond donors (Lipinski definition) is 2. The standard InChI is InChI=1S/C11H14N2O2/c14-8-9-3-1-2-4-10(9)13-6-5-12-11(15)7-13/h1-4,14H,5-8H2,(H,12,15). The molecule has 0 radical (unpaired) electrons. The molecule has 15 heavy (non-hydrogen) atoms. The summed E-state index contributed by atoms with van der Waals surface area (Å²) >= 11 is 0. The zero-order valence-corrected chi connectivity index (χ0v) is 8.44. The minimum atomic E-state index is 0.00823. The number of benzene rings is 1. The third kappa shape index (κ3) is 2.10. The molecule has 0 aromatic heterocycles. The van der Waals surface area contributed by atoms with Crippen LogP contribution in [0.15, 0.2) is 24.3 Å². The molecule has 1 saturated heterocycles. The van der Waals surface area contributed by atoms with E-state index in [9.17, 15) is 9.90 Å². The molecule has 1 amide bonds. The van der Waals surface area contributed by atoms with Gasteiger partial charge in [0.1, 0.15) is 0 Å². The van der Waals surface area contributed by atoms with Crippen molar-refractivity contribution < 1.29 is 9.90 Å².